The lowest BCUT2D eigenvalue weighted by atomic mass is 10.1. The standard InChI is InChI=1S/C12H6F2O6/c13-4-1-5-10(18)9(7(15)3-8(16)17)12(19)20-11(5)6(14)2-4/h1-2,18H,3H2,(H,16,17). The van der Waals surface area contributed by atoms with Crippen LogP contribution >= 0.6 is 0 Å². The van der Waals surface area contributed by atoms with Crippen LogP contribution in [0, 0.1) is 11.6 Å². The molecule has 1 aromatic heterocycles. The maximum atomic E-state index is 13.4. The van der Waals surface area contributed by atoms with Gasteiger partial charge in [-0.05, 0) is 6.07 Å². The molecule has 0 aliphatic heterocycles. The Bertz CT molecular complexity index is 793. The van der Waals surface area contributed by atoms with Crippen molar-refractivity contribution in [1.82, 2.24) is 0 Å². The van der Waals surface area contributed by atoms with E-state index in [1.807, 2.05) is 0 Å². The topological polar surface area (TPSA) is 105 Å². The first-order valence-corrected chi connectivity index (χ1v) is 5.21. The number of aliphatic carboxylic acids is 1. The van der Waals surface area contributed by atoms with E-state index in [4.69, 9.17) is 5.11 Å². The van der Waals surface area contributed by atoms with Crippen molar-refractivity contribution < 1.29 is 33.0 Å². The summed E-state index contributed by atoms with van der Waals surface area (Å²) in [6.07, 6.45) is -1.07. The first-order valence-electron chi connectivity index (χ1n) is 5.21. The molecule has 0 aliphatic rings. The molecule has 0 fully saturated rings. The van der Waals surface area contributed by atoms with E-state index >= 15 is 0 Å². The van der Waals surface area contributed by atoms with Crippen molar-refractivity contribution in [2.75, 3.05) is 0 Å². The van der Waals surface area contributed by atoms with Crippen LogP contribution in [0.1, 0.15) is 16.8 Å². The molecule has 20 heavy (non-hydrogen) atoms. The number of fused-ring (bicyclic) bond motifs is 1. The molecular weight excluding hydrogens is 278 g/mol. The number of ketones is 1. The van der Waals surface area contributed by atoms with E-state index < -0.39 is 57.7 Å². The highest BCUT2D eigenvalue weighted by Gasteiger charge is 2.24. The average molecular weight is 284 g/mol. The van der Waals surface area contributed by atoms with Crippen molar-refractivity contribution in [3.63, 3.8) is 0 Å². The second-order valence-corrected chi connectivity index (χ2v) is 3.87. The number of carbonyl (C=O) groups is 2. The molecule has 0 aliphatic carbocycles. The Labute approximate surface area is 108 Å². The Balaban J connectivity index is 2.78. The van der Waals surface area contributed by atoms with E-state index in [1.54, 1.807) is 0 Å². The van der Waals surface area contributed by atoms with Gasteiger partial charge in [-0.1, -0.05) is 0 Å². The van der Waals surface area contributed by atoms with Gasteiger partial charge >= 0.3 is 11.6 Å². The number of carboxylic acids is 1. The maximum absolute atomic E-state index is 13.4. The van der Waals surface area contributed by atoms with Gasteiger partial charge in [0.1, 0.15) is 23.6 Å². The largest absolute Gasteiger partial charge is 0.506 e. The Morgan fingerprint density at radius 1 is 1.25 bits per heavy atom. The van der Waals surface area contributed by atoms with E-state index in [0.29, 0.717) is 12.1 Å². The summed E-state index contributed by atoms with van der Waals surface area (Å²) in [6.45, 7) is 0. The molecule has 0 amide bonds. The van der Waals surface area contributed by atoms with E-state index in [9.17, 15) is 28.3 Å². The van der Waals surface area contributed by atoms with Crippen molar-refractivity contribution in [1.29, 1.82) is 0 Å². The number of carbonyl (C=O) groups excluding carboxylic acids is 1. The summed E-state index contributed by atoms with van der Waals surface area (Å²) in [5.74, 6) is -6.06. The number of hydrogen-bond donors (Lipinski definition) is 2. The summed E-state index contributed by atoms with van der Waals surface area (Å²) in [7, 11) is 0. The van der Waals surface area contributed by atoms with Crippen molar-refractivity contribution in [3.05, 3.63) is 39.8 Å². The summed E-state index contributed by atoms with van der Waals surface area (Å²) >= 11 is 0. The van der Waals surface area contributed by atoms with Gasteiger partial charge < -0.3 is 14.6 Å². The minimum absolute atomic E-state index is 0.434. The van der Waals surface area contributed by atoms with Gasteiger partial charge in [0.25, 0.3) is 0 Å². The quantitative estimate of drug-likeness (QED) is 0.502. The smallest absolute Gasteiger partial charge is 0.351 e. The molecule has 0 spiro atoms. The number of benzene rings is 1. The van der Waals surface area contributed by atoms with Crippen LogP contribution in [0.25, 0.3) is 11.0 Å². The maximum Gasteiger partial charge on any atom is 0.351 e. The van der Waals surface area contributed by atoms with Crippen LogP contribution in [-0.2, 0) is 4.79 Å². The predicted octanol–water partition coefficient (Wildman–Crippen LogP) is 1.43. The third-order valence-corrected chi connectivity index (χ3v) is 2.49. The van der Waals surface area contributed by atoms with E-state index in [2.05, 4.69) is 4.42 Å². The van der Waals surface area contributed by atoms with Gasteiger partial charge in [-0.2, -0.15) is 0 Å². The second kappa shape index (κ2) is 4.72. The third kappa shape index (κ3) is 2.22. The summed E-state index contributed by atoms with van der Waals surface area (Å²) in [5.41, 5.74) is -3.07. The minimum atomic E-state index is -1.53. The molecule has 1 heterocycles. The van der Waals surface area contributed by atoms with Crippen molar-refractivity contribution >= 4 is 22.7 Å². The van der Waals surface area contributed by atoms with Crippen LogP contribution in [0.4, 0.5) is 8.78 Å². The van der Waals surface area contributed by atoms with Gasteiger partial charge in [-0.25, -0.2) is 13.6 Å². The SMILES string of the molecule is O=C(O)CC(=O)c1c(O)c2cc(F)cc(F)c2oc1=O. The number of Topliss-reactive ketones (excluding diaryl/α,β-unsaturated/α-hetero) is 1. The predicted molar refractivity (Wildman–Crippen MR) is 60.6 cm³/mol. The fourth-order valence-electron chi connectivity index (χ4n) is 1.69. The van der Waals surface area contributed by atoms with Crippen LogP contribution in [0.5, 0.6) is 5.75 Å². The lowest BCUT2D eigenvalue weighted by molar-refractivity contribution is -0.135. The Hall–Kier alpha value is -2.77. The highest BCUT2D eigenvalue weighted by Crippen LogP contribution is 2.29. The first kappa shape index (κ1) is 13.7. The lowest BCUT2D eigenvalue weighted by Gasteiger charge is -2.05. The molecule has 8 heteroatoms. The second-order valence-electron chi connectivity index (χ2n) is 3.87. The Morgan fingerprint density at radius 2 is 1.90 bits per heavy atom. The van der Waals surface area contributed by atoms with Crippen molar-refractivity contribution in [3.8, 4) is 5.75 Å². The van der Waals surface area contributed by atoms with Crippen LogP contribution < -0.4 is 5.63 Å². The summed E-state index contributed by atoms with van der Waals surface area (Å²) in [4.78, 5) is 33.5. The zero-order chi connectivity index (χ0) is 15.0. The van der Waals surface area contributed by atoms with Gasteiger partial charge in [0.15, 0.2) is 17.2 Å². The third-order valence-electron chi connectivity index (χ3n) is 2.49. The minimum Gasteiger partial charge on any atom is -0.506 e. The number of aromatic hydroxyl groups is 1. The molecule has 0 radical (unpaired) electrons. The molecule has 2 rings (SSSR count). The fraction of sp³-hybridized carbons (Fsp3) is 0.0833. The van der Waals surface area contributed by atoms with Crippen LogP contribution in [0.15, 0.2) is 21.3 Å². The van der Waals surface area contributed by atoms with Gasteiger partial charge in [-0.3, -0.25) is 9.59 Å². The molecule has 0 saturated carbocycles. The molecule has 104 valence electrons. The molecule has 0 unspecified atom stereocenters. The number of rotatable bonds is 3. The van der Waals surface area contributed by atoms with Crippen LogP contribution in [0.2, 0.25) is 0 Å². The summed E-state index contributed by atoms with van der Waals surface area (Å²) in [5, 5.41) is 17.7. The van der Waals surface area contributed by atoms with E-state index in [-0.39, 0.29) is 0 Å². The normalized spacial score (nSPS) is 10.7. The molecule has 6 nitrogen and oxygen atoms in total. The van der Waals surface area contributed by atoms with Crippen molar-refractivity contribution in [2.45, 2.75) is 6.42 Å². The number of halogens is 2. The van der Waals surface area contributed by atoms with E-state index in [1.165, 1.54) is 0 Å². The van der Waals surface area contributed by atoms with Crippen LogP contribution in [-0.4, -0.2) is 22.0 Å². The van der Waals surface area contributed by atoms with Gasteiger partial charge in [0.05, 0.1) is 5.39 Å². The van der Waals surface area contributed by atoms with Gasteiger partial charge in [0, 0.05) is 6.07 Å². The monoisotopic (exact) mass is 284 g/mol. The molecule has 0 bridgehead atoms. The molecule has 2 N–H and O–H groups in total. The van der Waals surface area contributed by atoms with Crippen molar-refractivity contribution in [2.24, 2.45) is 0 Å². The molecule has 0 saturated heterocycles. The lowest BCUT2D eigenvalue weighted by Crippen LogP contribution is -2.17. The molecule has 1 aromatic carbocycles. The number of hydrogen-bond acceptors (Lipinski definition) is 5. The fourth-order valence-corrected chi connectivity index (χ4v) is 1.69. The molecule has 0 atom stereocenters. The highest BCUT2D eigenvalue weighted by atomic mass is 19.1. The molecule has 2 aromatic rings. The first-order chi connectivity index (χ1) is 9.31. The average Bonchev–Trinajstić information content (AvgIpc) is 2.30. The summed E-state index contributed by atoms with van der Waals surface area (Å²) in [6, 6.07) is 1.09. The Kier molecular flexibility index (Phi) is 3.23. The zero-order valence-corrected chi connectivity index (χ0v) is 9.65. The highest BCUT2D eigenvalue weighted by molar-refractivity contribution is 6.09. The summed E-state index contributed by atoms with van der Waals surface area (Å²) < 4.78 is 30.9. The Morgan fingerprint density at radius 3 is 2.50 bits per heavy atom. The zero-order valence-electron chi connectivity index (χ0n) is 9.65. The van der Waals surface area contributed by atoms with Gasteiger partial charge in [0.2, 0.25) is 0 Å². The van der Waals surface area contributed by atoms with Crippen LogP contribution in [0.3, 0.4) is 0 Å². The van der Waals surface area contributed by atoms with Gasteiger partial charge in [-0.15, -0.1) is 0 Å². The number of carboxylic acid groups (broad SMARTS) is 1. The molecular formula is C12H6F2O6. The van der Waals surface area contributed by atoms with E-state index in [0.717, 1.165) is 0 Å².